The minimum Gasteiger partial charge on any atom is -0.445 e. The van der Waals surface area contributed by atoms with Crippen LogP contribution in [0.25, 0.3) is 0 Å². The third-order valence-corrected chi connectivity index (χ3v) is 9.11. The maximum Gasteiger partial charge on any atom is 0.460 e. The van der Waals surface area contributed by atoms with E-state index in [-0.39, 0.29) is 6.08 Å². The number of rotatable bonds is 21. The first-order valence-electron chi connectivity index (χ1n) is 16.5. The van der Waals surface area contributed by atoms with Crippen molar-refractivity contribution in [1.29, 1.82) is 0 Å². The second-order valence-corrected chi connectivity index (χ2v) is 13.7. The van der Waals surface area contributed by atoms with Crippen LogP contribution in [0.4, 0.5) is 165 Å². The third kappa shape index (κ3) is 8.48. The summed E-state index contributed by atoms with van der Waals surface area (Å²) >= 11 is 0. The van der Waals surface area contributed by atoms with Gasteiger partial charge in [-0.05, 0) is 18.6 Å². The van der Waals surface area contributed by atoms with Gasteiger partial charge in [0.1, 0.15) is 0 Å². The van der Waals surface area contributed by atoms with Crippen LogP contribution in [0.5, 0.6) is 0 Å². The topological polar surface area (TPSA) is 114 Å². The highest BCUT2D eigenvalue weighted by atomic mass is 19.4. The fourth-order valence-electron chi connectivity index (χ4n) is 5.04. The summed E-state index contributed by atoms with van der Waals surface area (Å²) in [5.74, 6) is -163. The molecule has 1 amide bonds. The zero-order chi connectivity index (χ0) is 59.2. The normalized spacial score (nSPS) is 15.4. The van der Waals surface area contributed by atoms with Crippen molar-refractivity contribution in [3.63, 3.8) is 0 Å². The Morgan fingerprint density at radius 2 is 0.712 bits per heavy atom. The number of amides is 1. The summed E-state index contributed by atoms with van der Waals surface area (Å²) in [6.45, 7) is -0.945. The molecule has 0 saturated carbocycles. The number of hydrogen-bond donors (Lipinski definition) is 1. The molecule has 0 saturated heterocycles. The fourth-order valence-corrected chi connectivity index (χ4v) is 5.04. The minimum absolute atomic E-state index is 0.0752. The number of carbonyl (C=O) groups is 2. The summed E-state index contributed by atoms with van der Waals surface area (Å²) in [4.78, 5) is 50.0. The van der Waals surface area contributed by atoms with Gasteiger partial charge in [-0.15, -0.1) is 0 Å². The minimum atomic E-state index is -10.5. The van der Waals surface area contributed by atoms with Gasteiger partial charge in [0.2, 0.25) is 12.2 Å². The van der Waals surface area contributed by atoms with E-state index < -0.39 is 154 Å². The Labute approximate surface area is 373 Å². The molecule has 0 aliphatic heterocycles. The number of nitrogens with one attached hydrogen (secondary N) is 1. The molecule has 1 rings (SSSR count). The number of aryl methyl sites for hydroxylation is 1. The molecule has 1 aromatic rings. The van der Waals surface area contributed by atoms with E-state index in [0.29, 0.717) is 19.9 Å². The Morgan fingerprint density at radius 1 is 0.452 bits per heavy atom. The molecule has 0 radical (unpaired) electrons. The molecule has 1 aromatic carbocycles. The lowest BCUT2D eigenvalue weighted by molar-refractivity contribution is -0.492. The van der Waals surface area contributed by atoms with Crippen molar-refractivity contribution in [3.05, 3.63) is 22.8 Å². The Morgan fingerprint density at radius 3 is 0.959 bits per heavy atom. The van der Waals surface area contributed by atoms with Crippen LogP contribution < -0.4 is 5.32 Å². The van der Waals surface area contributed by atoms with Crippen molar-refractivity contribution in [1.82, 2.24) is 5.32 Å². The van der Waals surface area contributed by atoms with Gasteiger partial charge in [0.25, 0.3) is 5.91 Å². The van der Waals surface area contributed by atoms with Gasteiger partial charge in [0.05, 0.1) is 22.5 Å². The number of benzene rings is 1. The van der Waals surface area contributed by atoms with Crippen LogP contribution in [0.1, 0.15) is 28.4 Å². The number of esters is 1. The summed E-state index contributed by atoms with van der Waals surface area (Å²) in [5, 5.41) is 1.04. The lowest BCUT2D eigenvalue weighted by atomic mass is 9.81. The highest BCUT2D eigenvalue weighted by Crippen LogP contribution is 2.71. The number of nitrogens with zero attached hydrogens (tertiary/aromatic N) is 2. The molecule has 0 aliphatic rings. The van der Waals surface area contributed by atoms with Gasteiger partial charge >= 0.3 is 107 Å². The molecule has 73 heavy (non-hydrogen) atoms. The number of aliphatic imine (C=N–C) groups is 2. The molecule has 0 spiro atoms. The second kappa shape index (κ2) is 18.1. The smallest absolute Gasteiger partial charge is 0.445 e. The van der Waals surface area contributed by atoms with Crippen molar-refractivity contribution in [2.24, 2.45) is 9.98 Å². The quantitative estimate of drug-likeness (QED) is 0.0433. The first-order valence-corrected chi connectivity index (χ1v) is 16.5. The largest absolute Gasteiger partial charge is 0.460 e. The van der Waals surface area contributed by atoms with Gasteiger partial charge in [0.15, 0.2) is 6.73 Å². The van der Waals surface area contributed by atoms with Gasteiger partial charge in [-0.2, -0.15) is 164 Å². The molecule has 0 heterocycles. The molecule has 0 unspecified atom stereocenters. The maximum absolute atomic E-state index is 15.7. The molecule has 420 valence electrons. The molecule has 0 atom stereocenters. The van der Waals surface area contributed by atoms with E-state index in [1.165, 1.54) is 0 Å². The molecular formula is C30H10F35N3O5. The van der Waals surface area contributed by atoms with Gasteiger partial charge < -0.3 is 10.1 Å². The molecule has 8 nitrogen and oxygen atoms in total. The van der Waals surface area contributed by atoms with E-state index in [0.717, 1.165) is 5.32 Å². The van der Waals surface area contributed by atoms with E-state index in [1.54, 1.807) is 0 Å². The fraction of sp³-hybridized carbons (Fsp3) is 0.667. The van der Waals surface area contributed by atoms with E-state index >= 15 is 17.6 Å². The molecule has 1 N–H and O–H groups in total. The average molecular weight is 1160 g/mol. The highest BCUT2D eigenvalue weighted by Gasteiger charge is 3.02. The first-order chi connectivity index (χ1) is 31.6. The molecule has 0 aliphatic carbocycles. The summed E-state index contributed by atoms with van der Waals surface area (Å²) in [5.41, 5.74) is -12.3. The predicted octanol–water partition coefficient (Wildman–Crippen LogP) is 12.4. The zero-order valence-corrected chi connectivity index (χ0v) is 32.9. The SMILES string of the molecule is CC(=O)OCNC(=O)c1c(N=C=O)c(C)cc(N=C=O)c1C(F)(F)C(F)(F)C(F)(F)C(F)(F)C(F)(F)C(F)(F)C(F)(F)C(F)(F)C(F)(F)C(F)(F)C(F)(F)C(F)(F)C(F)(F)C(F)(F)C(F)(F)C(F)(F)C(F)(F)F. The van der Waals surface area contributed by atoms with Crippen molar-refractivity contribution >= 4 is 35.4 Å². The lowest BCUT2D eigenvalue weighted by Gasteiger charge is -2.47. The van der Waals surface area contributed by atoms with Gasteiger partial charge in [-0.25, -0.2) is 9.59 Å². The van der Waals surface area contributed by atoms with Gasteiger partial charge in [-0.1, -0.05) is 0 Å². The average Bonchev–Trinajstić information content (AvgIpc) is 3.19. The standard InChI is InChI=1S/C30H10F35N3O5/c1-7-3-9(66-4-69)11(10(12(7)67-5-70)13(72)68-6-73-8(2)71)14(31,32)15(33,34)16(35,36)17(37,38)18(39,40)19(41,42)20(43,44)21(45,46)22(47,48)23(49,50)24(51,52)25(53,54)26(55,56)27(57,58)28(59,60)29(61,62)30(63,64)65/h3H,6H2,1-2H3,(H,68,72). The first kappa shape index (κ1) is 65.5. The Bertz CT molecular complexity index is 2390. The van der Waals surface area contributed by atoms with Crippen molar-refractivity contribution in [3.8, 4) is 0 Å². The molecule has 43 heteroatoms. The summed E-state index contributed by atoms with van der Waals surface area (Å²) < 4.78 is 499. The number of hydrogen-bond acceptors (Lipinski definition) is 7. The molecular weight excluding hydrogens is 1150 g/mol. The number of isocyanates is 2. The summed E-state index contributed by atoms with van der Waals surface area (Å²) in [6.07, 6.45) is -8.12. The van der Waals surface area contributed by atoms with E-state index in [2.05, 4.69) is 14.7 Å². The zero-order valence-electron chi connectivity index (χ0n) is 32.9. The Kier molecular flexibility index (Phi) is 16.2. The number of alkyl halides is 35. The number of ether oxygens (including phenoxy) is 1. The summed E-state index contributed by atoms with van der Waals surface area (Å²) in [7, 11) is 0. The van der Waals surface area contributed by atoms with Crippen LogP contribution in [-0.4, -0.2) is 126 Å². The second-order valence-electron chi connectivity index (χ2n) is 13.7. The van der Waals surface area contributed by atoms with Crippen LogP contribution in [-0.2, 0) is 25.0 Å². The molecule has 0 aromatic heterocycles. The lowest BCUT2D eigenvalue weighted by Crippen LogP contribution is -2.80. The van der Waals surface area contributed by atoms with Crippen LogP contribution in [0, 0.1) is 6.92 Å². The van der Waals surface area contributed by atoms with Crippen molar-refractivity contribution in [2.45, 2.75) is 115 Å². The van der Waals surface area contributed by atoms with Crippen LogP contribution in [0.2, 0.25) is 0 Å². The Hall–Kier alpha value is -5.53. The van der Waals surface area contributed by atoms with Gasteiger partial charge in [-0.3, -0.25) is 9.59 Å². The number of carbonyl (C=O) groups excluding carboxylic acids is 4. The molecule has 0 fully saturated rings. The summed E-state index contributed by atoms with van der Waals surface area (Å²) in [6, 6.07) is -0.436. The Balaban J connectivity index is 4.36. The van der Waals surface area contributed by atoms with Crippen LogP contribution in [0.15, 0.2) is 16.1 Å². The third-order valence-electron chi connectivity index (χ3n) is 9.11. The van der Waals surface area contributed by atoms with E-state index in [9.17, 15) is 155 Å². The van der Waals surface area contributed by atoms with E-state index in [4.69, 9.17) is 0 Å². The molecule has 0 bridgehead atoms. The highest BCUT2D eigenvalue weighted by molar-refractivity contribution is 6.03. The van der Waals surface area contributed by atoms with Crippen molar-refractivity contribution in [2.75, 3.05) is 6.73 Å². The number of halogens is 35. The van der Waals surface area contributed by atoms with Crippen LogP contribution >= 0.6 is 0 Å². The van der Waals surface area contributed by atoms with Gasteiger partial charge in [0, 0.05) is 6.92 Å². The van der Waals surface area contributed by atoms with Crippen LogP contribution in [0.3, 0.4) is 0 Å². The monoisotopic (exact) mass is 1160 g/mol. The van der Waals surface area contributed by atoms with E-state index in [1.807, 2.05) is 0 Å². The maximum atomic E-state index is 15.7. The van der Waals surface area contributed by atoms with Crippen molar-refractivity contribution < 1.29 is 178 Å². The predicted molar refractivity (Wildman–Crippen MR) is 155 cm³/mol.